The number of amides is 2. The number of carbonyl (C=O) groups excluding carboxylic acids is 2. The van der Waals surface area contributed by atoms with Crippen LogP contribution in [-0.2, 0) is 16.1 Å². The predicted octanol–water partition coefficient (Wildman–Crippen LogP) is 3.10. The molecule has 2 amide bonds. The summed E-state index contributed by atoms with van der Waals surface area (Å²) in [5.41, 5.74) is 2.46. The Balaban J connectivity index is 1.94. The lowest BCUT2D eigenvalue weighted by atomic mass is 10.1. The number of pyridine rings is 1. The largest absolute Gasteiger partial charge is 0.350 e. The van der Waals surface area contributed by atoms with Crippen molar-refractivity contribution in [3.05, 3.63) is 58.9 Å². The standard InChI is InChI=1S/C18H20ClN3O2/c1-13-11-15(19)6-7-17(13)22(14(2)23)10-8-18(24)21-12-16-5-3-4-9-20-16/h3-7,9,11H,8,10,12H2,1-2H3,(H,21,24). The molecule has 5 nitrogen and oxygen atoms in total. The first-order valence-electron chi connectivity index (χ1n) is 7.68. The fourth-order valence-corrected chi connectivity index (χ4v) is 2.59. The second kappa shape index (κ2) is 8.45. The molecule has 0 aliphatic rings. The van der Waals surface area contributed by atoms with Gasteiger partial charge in [0, 0.05) is 36.8 Å². The molecule has 0 unspecified atom stereocenters. The summed E-state index contributed by atoms with van der Waals surface area (Å²) >= 11 is 5.95. The fraction of sp³-hybridized carbons (Fsp3) is 0.278. The Morgan fingerprint density at radius 3 is 2.67 bits per heavy atom. The van der Waals surface area contributed by atoms with E-state index in [1.165, 1.54) is 6.92 Å². The average Bonchev–Trinajstić information content (AvgIpc) is 2.55. The Morgan fingerprint density at radius 1 is 1.25 bits per heavy atom. The summed E-state index contributed by atoms with van der Waals surface area (Å²) in [6.07, 6.45) is 1.90. The molecule has 24 heavy (non-hydrogen) atoms. The van der Waals surface area contributed by atoms with Gasteiger partial charge in [0.1, 0.15) is 0 Å². The van der Waals surface area contributed by atoms with Crippen molar-refractivity contribution in [1.29, 1.82) is 0 Å². The lowest BCUT2D eigenvalue weighted by Gasteiger charge is -2.23. The van der Waals surface area contributed by atoms with Crippen LogP contribution < -0.4 is 10.2 Å². The van der Waals surface area contributed by atoms with E-state index in [-0.39, 0.29) is 18.2 Å². The zero-order valence-corrected chi connectivity index (χ0v) is 14.5. The zero-order valence-electron chi connectivity index (χ0n) is 13.8. The Kier molecular flexibility index (Phi) is 6.32. The van der Waals surface area contributed by atoms with E-state index in [9.17, 15) is 9.59 Å². The van der Waals surface area contributed by atoms with E-state index >= 15 is 0 Å². The second-order valence-electron chi connectivity index (χ2n) is 5.45. The van der Waals surface area contributed by atoms with Gasteiger partial charge in [0.05, 0.1) is 12.2 Å². The van der Waals surface area contributed by atoms with E-state index in [2.05, 4.69) is 10.3 Å². The van der Waals surface area contributed by atoms with Crippen LogP contribution in [0.25, 0.3) is 0 Å². The van der Waals surface area contributed by atoms with E-state index < -0.39 is 0 Å². The predicted molar refractivity (Wildman–Crippen MR) is 94.9 cm³/mol. The number of hydrogen-bond acceptors (Lipinski definition) is 3. The maximum absolute atomic E-state index is 12.0. The Hall–Kier alpha value is -2.40. The summed E-state index contributed by atoms with van der Waals surface area (Å²) in [6.45, 7) is 4.06. The number of anilines is 1. The highest BCUT2D eigenvalue weighted by Gasteiger charge is 2.15. The van der Waals surface area contributed by atoms with Crippen LogP contribution in [0.5, 0.6) is 0 Å². The van der Waals surface area contributed by atoms with Gasteiger partial charge in [-0.2, -0.15) is 0 Å². The second-order valence-corrected chi connectivity index (χ2v) is 5.89. The molecule has 0 saturated carbocycles. The van der Waals surface area contributed by atoms with Crippen LogP contribution in [0.3, 0.4) is 0 Å². The number of carbonyl (C=O) groups is 2. The minimum absolute atomic E-state index is 0.113. The normalized spacial score (nSPS) is 10.3. The summed E-state index contributed by atoms with van der Waals surface area (Å²) in [5, 5.41) is 3.43. The molecular formula is C18H20ClN3O2. The summed E-state index contributed by atoms with van der Waals surface area (Å²) in [5.74, 6) is -0.239. The summed E-state index contributed by atoms with van der Waals surface area (Å²) < 4.78 is 0. The van der Waals surface area contributed by atoms with Crippen molar-refractivity contribution in [1.82, 2.24) is 10.3 Å². The summed E-state index contributed by atoms with van der Waals surface area (Å²) in [4.78, 5) is 29.7. The first-order chi connectivity index (χ1) is 11.5. The van der Waals surface area contributed by atoms with Gasteiger partial charge in [-0.1, -0.05) is 17.7 Å². The summed E-state index contributed by atoms with van der Waals surface area (Å²) in [7, 11) is 0. The third-order valence-corrected chi connectivity index (χ3v) is 3.82. The molecule has 0 spiro atoms. The van der Waals surface area contributed by atoms with Crippen molar-refractivity contribution < 1.29 is 9.59 Å². The molecule has 1 N–H and O–H groups in total. The van der Waals surface area contributed by atoms with Gasteiger partial charge in [-0.25, -0.2) is 0 Å². The third kappa shape index (κ3) is 5.06. The first-order valence-corrected chi connectivity index (χ1v) is 8.06. The average molecular weight is 346 g/mol. The number of halogens is 1. The molecule has 0 saturated heterocycles. The molecule has 0 atom stereocenters. The molecule has 6 heteroatoms. The van der Waals surface area contributed by atoms with E-state index in [1.807, 2.05) is 25.1 Å². The molecule has 1 aromatic carbocycles. The minimum atomic E-state index is -0.126. The number of aryl methyl sites for hydroxylation is 1. The number of benzene rings is 1. The SMILES string of the molecule is CC(=O)N(CCC(=O)NCc1ccccn1)c1ccc(Cl)cc1C. The van der Waals surface area contributed by atoms with Crippen molar-refractivity contribution in [2.24, 2.45) is 0 Å². The molecule has 0 fully saturated rings. The van der Waals surface area contributed by atoms with E-state index in [0.29, 0.717) is 18.1 Å². The van der Waals surface area contributed by atoms with Gasteiger partial charge < -0.3 is 10.2 Å². The van der Waals surface area contributed by atoms with Crippen molar-refractivity contribution in [3.63, 3.8) is 0 Å². The maximum atomic E-state index is 12.0. The topological polar surface area (TPSA) is 62.3 Å². The molecule has 0 aliphatic heterocycles. The van der Waals surface area contributed by atoms with Crippen LogP contribution in [0.2, 0.25) is 5.02 Å². The molecule has 126 valence electrons. The highest BCUT2D eigenvalue weighted by Crippen LogP contribution is 2.24. The minimum Gasteiger partial charge on any atom is -0.350 e. The molecule has 0 radical (unpaired) electrons. The number of aromatic nitrogens is 1. The Morgan fingerprint density at radius 2 is 2.04 bits per heavy atom. The number of hydrogen-bond donors (Lipinski definition) is 1. The lowest BCUT2D eigenvalue weighted by molar-refractivity contribution is -0.121. The van der Waals surface area contributed by atoms with E-state index in [0.717, 1.165) is 16.9 Å². The van der Waals surface area contributed by atoms with Gasteiger partial charge in [0.2, 0.25) is 11.8 Å². The van der Waals surface area contributed by atoms with Crippen LogP contribution in [0, 0.1) is 6.92 Å². The molecular weight excluding hydrogens is 326 g/mol. The fourth-order valence-electron chi connectivity index (χ4n) is 2.36. The van der Waals surface area contributed by atoms with E-state index in [1.54, 1.807) is 29.3 Å². The van der Waals surface area contributed by atoms with Gasteiger partial charge >= 0.3 is 0 Å². The zero-order chi connectivity index (χ0) is 17.5. The van der Waals surface area contributed by atoms with Gasteiger partial charge in [-0.15, -0.1) is 0 Å². The molecule has 1 aromatic heterocycles. The van der Waals surface area contributed by atoms with Gasteiger partial charge in [-0.05, 0) is 42.8 Å². The molecule has 2 aromatic rings. The maximum Gasteiger partial charge on any atom is 0.223 e. The first kappa shape index (κ1) is 17.9. The van der Waals surface area contributed by atoms with Crippen LogP contribution >= 0.6 is 11.6 Å². The number of nitrogens with one attached hydrogen (secondary N) is 1. The third-order valence-electron chi connectivity index (χ3n) is 3.59. The van der Waals surface area contributed by atoms with Crippen molar-refractivity contribution in [2.75, 3.05) is 11.4 Å². The van der Waals surface area contributed by atoms with Crippen LogP contribution in [0.1, 0.15) is 24.6 Å². The van der Waals surface area contributed by atoms with Crippen molar-refractivity contribution in [3.8, 4) is 0 Å². The van der Waals surface area contributed by atoms with Gasteiger partial charge in [0.25, 0.3) is 0 Å². The van der Waals surface area contributed by atoms with Crippen molar-refractivity contribution in [2.45, 2.75) is 26.8 Å². The monoisotopic (exact) mass is 345 g/mol. The van der Waals surface area contributed by atoms with Gasteiger partial charge in [-0.3, -0.25) is 14.6 Å². The highest BCUT2D eigenvalue weighted by molar-refractivity contribution is 6.30. The quantitative estimate of drug-likeness (QED) is 0.875. The number of nitrogens with zero attached hydrogens (tertiary/aromatic N) is 2. The van der Waals surface area contributed by atoms with Gasteiger partial charge in [0.15, 0.2) is 0 Å². The van der Waals surface area contributed by atoms with Crippen molar-refractivity contribution >= 4 is 29.1 Å². The molecule has 2 rings (SSSR count). The smallest absolute Gasteiger partial charge is 0.223 e. The Labute approximate surface area is 146 Å². The summed E-state index contributed by atoms with van der Waals surface area (Å²) in [6, 6.07) is 10.9. The van der Waals surface area contributed by atoms with E-state index in [4.69, 9.17) is 11.6 Å². The molecule has 0 bridgehead atoms. The Bertz CT molecular complexity index is 719. The number of rotatable bonds is 6. The molecule has 1 heterocycles. The van der Waals surface area contributed by atoms with Crippen LogP contribution in [0.4, 0.5) is 5.69 Å². The molecule has 0 aliphatic carbocycles. The highest BCUT2D eigenvalue weighted by atomic mass is 35.5. The van der Waals surface area contributed by atoms with Crippen LogP contribution in [-0.4, -0.2) is 23.3 Å². The van der Waals surface area contributed by atoms with Crippen LogP contribution in [0.15, 0.2) is 42.6 Å². The lowest BCUT2D eigenvalue weighted by Crippen LogP contribution is -2.34.